The van der Waals surface area contributed by atoms with Gasteiger partial charge >= 0.3 is 0 Å². The molecule has 0 saturated carbocycles. The van der Waals surface area contributed by atoms with Gasteiger partial charge in [0.05, 0.1) is 0 Å². The monoisotopic (exact) mass is 210 g/mol. The fourth-order valence-corrected chi connectivity index (χ4v) is 4.09. The van der Waals surface area contributed by atoms with E-state index in [1.165, 1.54) is 38.5 Å². The van der Waals surface area contributed by atoms with Crippen LogP contribution < -0.4 is 0 Å². The summed E-state index contributed by atoms with van der Waals surface area (Å²) in [5.74, 6) is 1.74. The highest BCUT2D eigenvalue weighted by Gasteiger charge is 2.35. The normalized spacial score (nSPS) is 35.5. The van der Waals surface area contributed by atoms with Gasteiger partial charge in [0.2, 0.25) is 0 Å². The minimum Gasteiger partial charge on any atom is -0.0836 e. The van der Waals surface area contributed by atoms with Crippen LogP contribution in [0.25, 0.3) is 0 Å². The van der Waals surface area contributed by atoms with Gasteiger partial charge in [-0.3, -0.25) is 0 Å². The van der Waals surface area contributed by atoms with E-state index in [1.54, 1.807) is 22.3 Å². The number of hydrogen-bond acceptors (Lipinski definition) is 0. The van der Waals surface area contributed by atoms with E-state index >= 15 is 0 Å². The molecule has 4 rings (SSSR count). The lowest BCUT2D eigenvalue weighted by Gasteiger charge is -2.41. The summed E-state index contributed by atoms with van der Waals surface area (Å²) in [6.45, 7) is 0. The van der Waals surface area contributed by atoms with Crippen LogP contribution >= 0.6 is 0 Å². The average Bonchev–Trinajstić information content (AvgIpc) is 2.36. The van der Waals surface area contributed by atoms with Crippen LogP contribution in [0.4, 0.5) is 0 Å². The molecule has 4 aliphatic carbocycles. The van der Waals surface area contributed by atoms with E-state index < -0.39 is 0 Å². The standard InChI is InChI=1S/C16H18/c1-3-11-7-9-13-5-2-6-14-10-8-12(4-1)15(11)16(13)14/h1-3,6,12-13H,4-5,7-10H2. The van der Waals surface area contributed by atoms with E-state index in [4.69, 9.17) is 0 Å². The van der Waals surface area contributed by atoms with E-state index in [-0.39, 0.29) is 0 Å². The minimum absolute atomic E-state index is 0.869. The molecule has 0 aromatic rings. The molecule has 0 aromatic heterocycles. The Hall–Kier alpha value is -1.04. The molecule has 82 valence electrons. The van der Waals surface area contributed by atoms with Crippen molar-refractivity contribution in [1.82, 2.24) is 0 Å². The van der Waals surface area contributed by atoms with Gasteiger partial charge in [0.1, 0.15) is 0 Å². The fourth-order valence-electron chi connectivity index (χ4n) is 4.09. The van der Waals surface area contributed by atoms with Crippen molar-refractivity contribution >= 4 is 0 Å². The van der Waals surface area contributed by atoms with E-state index in [9.17, 15) is 0 Å². The smallest absolute Gasteiger partial charge is 0.0118 e. The van der Waals surface area contributed by atoms with Gasteiger partial charge < -0.3 is 0 Å². The summed E-state index contributed by atoms with van der Waals surface area (Å²) in [5, 5.41) is 0. The van der Waals surface area contributed by atoms with E-state index in [2.05, 4.69) is 24.3 Å². The number of allylic oxidation sites excluding steroid dienone is 8. The van der Waals surface area contributed by atoms with Crippen LogP contribution in [-0.4, -0.2) is 0 Å². The molecule has 0 saturated heterocycles. The Labute approximate surface area is 97.4 Å². The molecular formula is C16H18. The first kappa shape index (κ1) is 9.04. The maximum absolute atomic E-state index is 2.41. The zero-order valence-electron chi connectivity index (χ0n) is 9.71. The van der Waals surface area contributed by atoms with Gasteiger partial charge in [-0.1, -0.05) is 24.3 Å². The molecule has 0 spiro atoms. The summed E-state index contributed by atoms with van der Waals surface area (Å²) in [7, 11) is 0. The summed E-state index contributed by atoms with van der Waals surface area (Å²) in [4.78, 5) is 0. The Morgan fingerprint density at radius 1 is 0.750 bits per heavy atom. The summed E-state index contributed by atoms with van der Waals surface area (Å²) >= 11 is 0. The van der Waals surface area contributed by atoms with Crippen molar-refractivity contribution in [2.75, 3.05) is 0 Å². The third-order valence-electron chi connectivity index (χ3n) is 4.80. The Morgan fingerprint density at radius 2 is 1.25 bits per heavy atom. The third kappa shape index (κ3) is 1.10. The van der Waals surface area contributed by atoms with Crippen LogP contribution in [0, 0.1) is 11.8 Å². The van der Waals surface area contributed by atoms with E-state index in [1.807, 2.05) is 0 Å². The van der Waals surface area contributed by atoms with Crippen LogP contribution in [0.1, 0.15) is 38.5 Å². The molecule has 0 fully saturated rings. The molecule has 2 unspecified atom stereocenters. The van der Waals surface area contributed by atoms with Crippen molar-refractivity contribution in [1.29, 1.82) is 0 Å². The highest BCUT2D eigenvalue weighted by atomic mass is 14.4. The molecule has 0 nitrogen and oxygen atoms in total. The zero-order valence-corrected chi connectivity index (χ0v) is 9.71. The van der Waals surface area contributed by atoms with Crippen molar-refractivity contribution in [3.05, 3.63) is 46.6 Å². The van der Waals surface area contributed by atoms with Crippen molar-refractivity contribution in [2.24, 2.45) is 11.8 Å². The number of rotatable bonds is 0. The van der Waals surface area contributed by atoms with Crippen molar-refractivity contribution in [3.8, 4) is 0 Å². The average molecular weight is 210 g/mol. The summed E-state index contributed by atoms with van der Waals surface area (Å²) < 4.78 is 0. The molecule has 2 atom stereocenters. The van der Waals surface area contributed by atoms with Gasteiger partial charge in [-0.25, -0.2) is 0 Å². The molecule has 4 aliphatic rings. The third-order valence-corrected chi connectivity index (χ3v) is 4.80. The molecule has 0 radical (unpaired) electrons. The van der Waals surface area contributed by atoms with Gasteiger partial charge in [-0.05, 0) is 72.7 Å². The first-order valence-electron chi connectivity index (χ1n) is 6.73. The van der Waals surface area contributed by atoms with Crippen LogP contribution in [-0.2, 0) is 0 Å². The molecule has 0 heterocycles. The van der Waals surface area contributed by atoms with Crippen LogP contribution in [0.15, 0.2) is 46.6 Å². The van der Waals surface area contributed by atoms with Crippen molar-refractivity contribution in [3.63, 3.8) is 0 Å². The Kier molecular flexibility index (Phi) is 1.82. The maximum Gasteiger partial charge on any atom is -0.0118 e. The van der Waals surface area contributed by atoms with Gasteiger partial charge in [0.25, 0.3) is 0 Å². The van der Waals surface area contributed by atoms with Crippen LogP contribution in [0.2, 0.25) is 0 Å². The summed E-state index contributed by atoms with van der Waals surface area (Å²) in [6, 6.07) is 0. The molecule has 0 N–H and O–H groups in total. The van der Waals surface area contributed by atoms with Gasteiger partial charge in [-0.15, -0.1) is 0 Å². The SMILES string of the molecule is C1=CC2=C3C4=C(C=CCC4CC2)CCC3C1. The van der Waals surface area contributed by atoms with E-state index in [0.717, 1.165) is 11.8 Å². The zero-order chi connectivity index (χ0) is 10.5. The predicted molar refractivity (Wildman–Crippen MR) is 67.0 cm³/mol. The molecule has 0 heteroatoms. The molecule has 0 bridgehead atoms. The lowest BCUT2D eigenvalue weighted by Crippen LogP contribution is -2.26. The van der Waals surface area contributed by atoms with Gasteiger partial charge in [0.15, 0.2) is 0 Å². The first-order valence-corrected chi connectivity index (χ1v) is 6.73. The lowest BCUT2D eigenvalue weighted by molar-refractivity contribution is 0.454. The predicted octanol–water partition coefficient (Wildman–Crippen LogP) is 4.32. The second-order valence-electron chi connectivity index (χ2n) is 5.63. The minimum atomic E-state index is 0.869. The molecule has 0 amide bonds. The van der Waals surface area contributed by atoms with E-state index in [0.29, 0.717) is 0 Å². The molecule has 0 aliphatic heterocycles. The molecular weight excluding hydrogens is 192 g/mol. The largest absolute Gasteiger partial charge is 0.0836 e. The van der Waals surface area contributed by atoms with Crippen molar-refractivity contribution < 1.29 is 0 Å². The summed E-state index contributed by atoms with van der Waals surface area (Å²) in [5.41, 5.74) is 6.92. The lowest BCUT2D eigenvalue weighted by atomic mass is 9.63. The van der Waals surface area contributed by atoms with Crippen LogP contribution in [0.5, 0.6) is 0 Å². The van der Waals surface area contributed by atoms with Crippen LogP contribution in [0.3, 0.4) is 0 Å². The molecule has 16 heavy (non-hydrogen) atoms. The van der Waals surface area contributed by atoms with Gasteiger partial charge in [-0.2, -0.15) is 0 Å². The highest BCUT2D eigenvalue weighted by Crippen LogP contribution is 2.51. The Balaban J connectivity index is 1.96. The quantitative estimate of drug-likeness (QED) is 0.558. The topological polar surface area (TPSA) is 0 Å². The molecule has 0 aromatic carbocycles. The van der Waals surface area contributed by atoms with Crippen molar-refractivity contribution in [2.45, 2.75) is 38.5 Å². The number of hydrogen-bond donors (Lipinski definition) is 0. The Bertz CT molecular complexity index is 412. The Morgan fingerprint density at radius 3 is 1.75 bits per heavy atom. The second-order valence-corrected chi connectivity index (χ2v) is 5.63. The summed E-state index contributed by atoms with van der Waals surface area (Å²) in [6.07, 6.45) is 17.7. The maximum atomic E-state index is 2.41. The first-order chi connectivity index (χ1) is 7.93. The fraction of sp³-hybridized carbons (Fsp3) is 0.500. The van der Waals surface area contributed by atoms with Gasteiger partial charge in [0, 0.05) is 0 Å². The second kappa shape index (κ2) is 3.23. The highest BCUT2D eigenvalue weighted by molar-refractivity contribution is 5.55.